The quantitative estimate of drug-likeness (QED) is 0.768. The highest BCUT2D eigenvalue weighted by molar-refractivity contribution is 5.09. The van der Waals surface area contributed by atoms with E-state index in [9.17, 15) is 0 Å². The van der Waals surface area contributed by atoms with Gasteiger partial charge in [-0.05, 0) is 37.0 Å². The summed E-state index contributed by atoms with van der Waals surface area (Å²) in [6.45, 7) is 1.02. The van der Waals surface area contributed by atoms with Crippen LogP contribution in [0.25, 0.3) is 0 Å². The van der Waals surface area contributed by atoms with E-state index in [4.69, 9.17) is 5.73 Å². The van der Waals surface area contributed by atoms with Crippen molar-refractivity contribution in [3.8, 4) is 0 Å². The Morgan fingerprint density at radius 1 is 1.43 bits per heavy atom. The highest BCUT2D eigenvalue weighted by Gasteiger charge is 2.39. The minimum absolute atomic E-state index is 0.396. The molecular weight excluding hydrogens is 176 g/mol. The molecule has 0 saturated heterocycles. The number of anilines is 1. The average molecular weight is 192 g/mol. The molecule has 1 aromatic rings. The first-order valence-electron chi connectivity index (χ1n) is 5.46. The van der Waals surface area contributed by atoms with Gasteiger partial charge in [-0.15, -0.1) is 5.10 Å². The highest BCUT2D eigenvalue weighted by Crippen LogP contribution is 2.48. The largest absolute Gasteiger partial charge is 0.367 e. The zero-order valence-electron chi connectivity index (χ0n) is 8.26. The Balaban J connectivity index is 1.68. The second kappa shape index (κ2) is 2.97. The molecule has 0 aliphatic heterocycles. The Bertz CT molecular complexity index is 333. The van der Waals surface area contributed by atoms with Crippen molar-refractivity contribution in [2.45, 2.75) is 32.2 Å². The van der Waals surface area contributed by atoms with Crippen LogP contribution in [0.5, 0.6) is 0 Å². The van der Waals surface area contributed by atoms with Crippen LogP contribution in [-0.2, 0) is 6.54 Å². The molecule has 2 N–H and O–H groups in total. The highest BCUT2D eigenvalue weighted by atomic mass is 15.4. The van der Waals surface area contributed by atoms with Gasteiger partial charge in [-0.25, -0.2) is 4.98 Å². The summed E-state index contributed by atoms with van der Waals surface area (Å²) in [5.41, 5.74) is 5.49. The topological polar surface area (TPSA) is 56.7 Å². The maximum atomic E-state index is 5.49. The third-order valence-corrected chi connectivity index (χ3v) is 3.86. The lowest BCUT2D eigenvalue weighted by Gasteiger charge is -2.20. The summed E-state index contributed by atoms with van der Waals surface area (Å²) < 4.78 is 1.90. The number of nitrogen functional groups attached to an aromatic ring is 1. The molecule has 3 unspecified atom stereocenters. The Morgan fingerprint density at radius 2 is 2.36 bits per heavy atom. The molecule has 2 fully saturated rings. The second-order valence-corrected chi connectivity index (χ2v) is 4.76. The van der Waals surface area contributed by atoms with Gasteiger partial charge in [0.2, 0.25) is 5.95 Å². The van der Waals surface area contributed by atoms with Gasteiger partial charge in [0.05, 0.1) is 0 Å². The summed E-state index contributed by atoms with van der Waals surface area (Å²) in [7, 11) is 0. The van der Waals surface area contributed by atoms with E-state index in [1.165, 1.54) is 25.7 Å². The third kappa shape index (κ3) is 1.29. The van der Waals surface area contributed by atoms with Gasteiger partial charge in [-0.2, -0.15) is 0 Å². The van der Waals surface area contributed by atoms with Gasteiger partial charge in [0.15, 0.2) is 0 Å². The summed E-state index contributed by atoms with van der Waals surface area (Å²) in [6.07, 6.45) is 7.49. The molecule has 1 heterocycles. The molecule has 0 aromatic carbocycles. The van der Waals surface area contributed by atoms with Gasteiger partial charge in [0.1, 0.15) is 6.33 Å². The first-order chi connectivity index (χ1) is 6.81. The molecule has 4 heteroatoms. The fourth-order valence-corrected chi connectivity index (χ4v) is 3.24. The molecule has 76 valence electrons. The van der Waals surface area contributed by atoms with Crippen molar-refractivity contribution in [3.63, 3.8) is 0 Å². The van der Waals surface area contributed by atoms with Gasteiger partial charge in [0.25, 0.3) is 0 Å². The van der Waals surface area contributed by atoms with Crippen molar-refractivity contribution in [1.29, 1.82) is 0 Å². The molecular formula is C10H16N4. The van der Waals surface area contributed by atoms with Gasteiger partial charge < -0.3 is 5.73 Å². The third-order valence-electron chi connectivity index (χ3n) is 3.86. The number of aromatic nitrogens is 3. The van der Waals surface area contributed by atoms with E-state index in [2.05, 4.69) is 10.1 Å². The SMILES string of the molecule is Nc1ncn(CC2CC3CCC2C3)n1. The maximum Gasteiger partial charge on any atom is 0.239 e. The summed E-state index contributed by atoms with van der Waals surface area (Å²) in [5, 5.41) is 4.14. The van der Waals surface area contributed by atoms with Gasteiger partial charge in [-0.3, -0.25) is 4.68 Å². The first kappa shape index (κ1) is 8.26. The van der Waals surface area contributed by atoms with Crippen LogP contribution in [0.2, 0.25) is 0 Å². The molecule has 14 heavy (non-hydrogen) atoms. The Labute approximate surface area is 83.5 Å². The van der Waals surface area contributed by atoms with Crippen molar-refractivity contribution in [1.82, 2.24) is 14.8 Å². The van der Waals surface area contributed by atoms with Crippen molar-refractivity contribution < 1.29 is 0 Å². The number of fused-ring (bicyclic) bond motifs is 2. The minimum atomic E-state index is 0.396. The minimum Gasteiger partial charge on any atom is -0.367 e. The smallest absolute Gasteiger partial charge is 0.239 e. The molecule has 0 amide bonds. The van der Waals surface area contributed by atoms with Crippen LogP contribution in [-0.4, -0.2) is 14.8 Å². The van der Waals surface area contributed by atoms with E-state index in [1.54, 1.807) is 6.33 Å². The van der Waals surface area contributed by atoms with E-state index in [1.807, 2.05) is 4.68 Å². The van der Waals surface area contributed by atoms with E-state index in [-0.39, 0.29) is 0 Å². The predicted octanol–water partition coefficient (Wildman–Crippen LogP) is 1.30. The Hall–Kier alpha value is -1.06. The molecule has 2 aliphatic rings. The van der Waals surface area contributed by atoms with E-state index < -0.39 is 0 Å². The maximum absolute atomic E-state index is 5.49. The molecule has 2 bridgehead atoms. The summed E-state index contributed by atoms with van der Waals surface area (Å²) >= 11 is 0. The number of nitrogens with two attached hydrogens (primary N) is 1. The fourth-order valence-electron chi connectivity index (χ4n) is 3.24. The number of hydrogen-bond donors (Lipinski definition) is 1. The van der Waals surface area contributed by atoms with Gasteiger partial charge >= 0.3 is 0 Å². The lowest BCUT2D eigenvalue weighted by molar-refractivity contribution is 0.285. The van der Waals surface area contributed by atoms with Crippen LogP contribution in [0.4, 0.5) is 5.95 Å². The van der Waals surface area contributed by atoms with Crippen molar-refractivity contribution in [3.05, 3.63) is 6.33 Å². The molecule has 2 aliphatic carbocycles. The van der Waals surface area contributed by atoms with Crippen LogP contribution in [0, 0.1) is 17.8 Å². The summed E-state index contributed by atoms with van der Waals surface area (Å²) in [4.78, 5) is 3.95. The molecule has 2 saturated carbocycles. The van der Waals surface area contributed by atoms with Crippen molar-refractivity contribution in [2.24, 2.45) is 17.8 Å². The average Bonchev–Trinajstić information content (AvgIpc) is 2.82. The molecule has 3 atom stereocenters. The molecule has 3 rings (SSSR count). The Kier molecular flexibility index (Phi) is 1.75. The Morgan fingerprint density at radius 3 is 2.93 bits per heavy atom. The number of nitrogens with zero attached hydrogens (tertiary/aromatic N) is 3. The lowest BCUT2D eigenvalue weighted by Crippen LogP contribution is -2.17. The monoisotopic (exact) mass is 192 g/mol. The zero-order valence-corrected chi connectivity index (χ0v) is 8.26. The standard InChI is InChI=1S/C10H16N4/c11-10-12-6-14(13-10)5-9-4-7-1-2-8(9)3-7/h6-9H,1-5H2,(H2,11,13). The van der Waals surface area contributed by atoms with Crippen molar-refractivity contribution >= 4 is 5.95 Å². The first-order valence-corrected chi connectivity index (χ1v) is 5.46. The normalized spacial score (nSPS) is 35.3. The zero-order chi connectivity index (χ0) is 9.54. The molecule has 0 spiro atoms. The van der Waals surface area contributed by atoms with E-state index >= 15 is 0 Å². The van der Waals surface area contributed by atoms with Crippen molar-refractivity contribution in [2.75, 3.05) is 5.73 Å². The second-order valence-electron chi connectivity index (χ2n) is 4.76. The molecule has 1 aromatic heterocycles. The van der Waals surface area contributed by atoms with Gasteiger partial charge in [-0.1, -0.05) is 6.42 Å². The van der Waals surface area contributed by atoms with Crippen LogP contribution < -0.4 is 5.73 Å². The van der Waals surface area contributed by atoms with Crippen LogP contribution >= 0.6 is 0 Å². The lowest BCUT2D eigenvalue weighted by atomic mass is 9.89. The van der Waals surface area contributed by atoms with E-state index in [0.29, 0.717) is 5.95 Å². The van der Waals surface area contributed by atoms with Gasteiger partial charge in [0, 0.05) is 6.54 Å². The number of hydrogen-bond acceptors (Lipinski definition) is 3. The van der Waals surface area contributed by atoms with E-state index in [0.717, 1.165) is 24.3 Å². The summed E-state index contributed by atoms with van der Waals surface area (Å²) in [6, 6.07) is 0. The summed E-state index contributed by atoms with van der Waals surface area (Å²) in [5.74, 6) is 3.18. The van der Waals surface area contributed by atoms with Crippen LogP contribution in [0.15, 0.2) is 6.33 Å². The molecule has 4 nitrogen and oxygen atoms in total. The van der Waals surface area contributed by atoms with Crippen LogP contribution in [0.3, 0.4) is 0 Å². The molecule has 0 radical (unpaired) electrons. The predicted molar refractivity (Wildman–Crippen MR) is 53.4 cm³/mol. The fraction of sp³-hybridized carbons (Fsp3) is 0.800. The van der Waals surface area contributed by atoms with Crippen LogP contribution in [0.1, 0.15) is 25.7 Å². The number of rotatable bonds is 2.